The molecule has 1 saturated heterocycles. The number of carbonyl (C=O) groups excluding carboxylic acids is 1. The molecule has 1 aromatic carbocycles. The second-order valence-corrected chi connectivity index (χ2v) is 6.53. The van der Waals surface area contributed by atoms with Crippen LogP contribution in [-0.4, -0.2) is 24.0 Å². The number of hydrogen-bond acceptors (Lipinski definition) is 2. The Bertz CT molecular complexity index is 435. The molecule has 1 aliphatic heterocycles. The summed E-state index contributed by atoms with van der Waals surface area (Å²) in [7, 11) is 0. The molecule has 0 saturated carbocycles. The number of carbonyl (C=O) groups is 1. The summed E-state index contributed by atoms with van der Waals surface area (Å²) in [6.07, 6.45) is 2.27. The average Bonchev–Trinajstić information content (AvgIpc) is 2.37. The third kappa shape index (κ3) is 3.72. The van der Waals surface area contributed by atoms with Gasteiger partial charge in [-0.3, -0.25) is 4.79 Å². The zero-order valence-corrected chi connectivity index (χ0v) is 12.3. The lowest BCUT2D eigenvalue weighted by atomic mass is 10.0. The molecule has 0 spiro atoms. The van der Waals surface area contributed by atoms with Crippen LogP contribution in [0.15, 0.2) is 22.7 Å². The molecule has 2 rings (SSSR count). The number of thioether (sulfide) groups is 1. The van der Waals surface area contributed by atoms with Crippen molar-refractivity contribution in [3.8, 4) is 0 Å². The van der Waals surface area contributed by atoms with E-state index in [1.807, 2.05) is 11.8 Å². The second kappa shape index (κ2) is 6.57. The summed E-state index contributed by atoms with van der Waals surface area (Å²) in [5.41, 5.74) is 0.114. The van der Waals surface area contributed by atoms with Crippen molar-refractivity contribution >= 4 is 33.6 Å². The number of amides is 1. The van der Waals surface area contributed by atoms with E-state index in [2.05, 4.69) is 21.2 Å². The molecule has 1 heterocycles. The van der Waals surface area contributed by atoms with E-state index >= 15 is 0 Å². The summed E-state index contributed by atoms with van der Waals surface area (Å²) >= 11 is 5.13. The van der Waals surface area contributed by atoms with Crippen molar-refractivity contribution < 1.29 is 9.18 Å². The van der Waals surface area contributed by atoms with Crippen LogP contribution in [0.2, 0.25) is 0 Å². The Morgan fingerprint density at radius 1 is 1.44 bits per heavy atom. The Morgan fingerprint density at radius 2 is 2.17 bits per heavy atom. The maximum Gasteiger partial charge on any atom is 0.254 e. The second-order valence-electron chi connectivity index (χ2n) is 4.39. The van der Waals surface area contributed by atoms with Gasteiger partial charge in [0.2, 0.25) is 0 Å². The fourth-order valence-electron chi connectivity index (χ4n) is 1.96. The van der Waals surface area contributed by atoms with Gasteiger partial charge in [-0.05, 0) is 48.5 Å². The molecule has 0 radical (unpaired) electrons. The van der Waals surface area contributed by atoms with Crippen molar-refractivity contribution in [1.82, 2.24) is 5.32 Å². The molecule has 1 aromatic rings. The topological polar surface area (TPSA) is 29.1 Å². The molecule has 2 nitrogen and oxygen atoms in total. The van der Waals surface area contributed by atoms with Gasteiger partial charge in [0.1, 0.15) is 5.82 Å². The van der Waals surface area contributed by atoms with Crippen LogP contribution >= 0.6 is 27.7 Å². The van der Waals surface area contributed by atoms with Gasteiger partial charge in [0, 0.05) is 11.0 Å². The largest absolute Gasteiger partial charge is 0.352 e. The van der Waals surface area contributed by atoms with Crippen LogP contribution in [0.4, 0.5) is 4.39 Å². The van der Waals surface area contributed by atoms with Gasteiger partial charge in [0.25, 0.3) is 5.91 Å². The molecule has 18 heavy (non-hydrogen) atoms. The van der Waals surface area contributed by atoms with Crippen LogP contribution in [0.1, 0.15) is 23.2 Å². The fourth-order valence-corrected chi connectivity index (χ4v) is 3.49. The van der Waals surface area contributed by atoms with Crippen molar-refractivity contribution in [3.63, 3.8) is 0 Å². The smallest absolute Gasteiger partial charge is 0.254 e. The highest BCUT2D eigenvalue weighted by molar-refractivity contribution is 9.10. The Morgan fingerprint density at radius 3 is 2.83 bits per heavy atom. The first-order valence-corrected chi connectivity index (χ1v) is 7.92. The molecule has 1 fully saturated rings. The van der Waals surface area contributed by atoms with Gasteiger partial charge in [0.15, 0.2) is 0 Å². The lowest BCUT2D eigenvalue weighted by Gasteiger charge is -2.21. The normalized spacial score (nSPS) is 16.6. The Hall–Kier alpha value is -0.550. The van der Waals surface area contributed by atoms with E-state index < -0.39 is 5.82 Å². The van der Waals surface area contributed by atoms with Crippen LogP contribution in [0.5, 0.6) is 0 Å². The van der Waals surface area contributed by atoms with Crippen LogP contribution in [-0.2, 0) is 0 Å². The lowest BCUT2D eigenvalue weighted by molar-refractivity contribution is 0.0942. The van der Waals surface area contributed by atoms with Gasteiger partial charge in [-0.15, -0.1) is 0 Å². The lowest BCUT2D eigenvalue weighted by Crippen LogP contribution is -2.31. The van der Waals surface area contributed by atoms with Crippen molar-refractivity contribution in [2.24, 2.45) is 5.92 Å². The van der Waals surface area contributed by atoms with Crippen molar-refractivity contribution in [2.45, 2.75) is 12.8 Å². The first kappa shape index (κ1) is 13.9. The monoisotopic (exact) mass is 331 g/mol. The number of nitrogens with one attached hydrogen (secondary N) is 1. The molecule has 0 atom stereocenters. The highest BCUT2D eigenvalue weighted by Crippen LogP contribution is 2.22. The first-order valence-electron chi connectivity index (χ1n) is 5.98. The maximum absolute atomic E-state index is 13.6. The van der Waals surface area contributed by atoms with E-state index in [0.717, 1.165) is 24.3 Å². The number of hydrogen-bond donors (Lipinski definition) is 1. The fraction of sp³-hybridized carbons (Fsp3) is 0.462. The Labute approximate surface area is 119 Å². The molecule has 1 aliphatic rings. The van der Waals surface area contributed by atoms with Crippen LogP contribution in [0.3, 0.4) is 0 Å². The Balaban J connectivity index is 1.90. The molecule has 5 heteroatoms. The van der Waals surface area contributed by atoms with Crippen LogP contribution in [0.25, 0.3) is 0 Å². The summed E-state index contributed by atoms with van der Waals surface area (Å²) < 4.78 is 14.2. The SMILES string of the molecule is O=C(NCC1CCSCC1)c1ccc(Br)cc1F. The van der Waals surface area contributed by atoms with Gasteiger partial charge in [-0.25, -0.2) is 4.39 Å². The third-order valence-corrected chi connectivity index (χ3v) is 4.61. The predicted octanol–water partition coefficient (Wildman–Crippen LogP) is 3.46. The molecule has 0 aliphatic carbocycles. The quantitative estimate of drug-likeness (QED) is 0.918. The molecule has 98 valence electrons. The van der Waals surface area contributed by atoms with E-state index in [0.29, 0.717) is 16.9 Å². The van der Waals surface area contributed by atoms with Crippen molar-refractivity contribution in [2.75, 3.05) is 18.1 Å². The predicted molar refractivity (Wildman–Crippen MR) is 76.5 cm³/mol. The van der Waals surface area contributed by atoms with Gasteiger partial charge >= 0.3 is 0 Å². The number of halogens is 2. The summed E-state index contributed by atoms with van der Waals surface area (Å²) in [5, 5.41) is 2.83. The molecular weight excluding hydrogens is 317 g/mol. The first-order chi connectivity index (χ1) is 8.66. The van der Waals surface area contributed by atoms with Gasteiger partial charge in [0.05, 0.1) is 5.56 Å². The number of rotatable bonds is 3. The van der Waals surface area contributed by atoms with Crippen molar-refractivity contribution in [1.29, 1.82) is 0 Å². The van der Waals surface area contributed by atoms with Gasteiger partial charge < -0.3 is 5.32 Å². The van der Waals surface area contributed by atoms with Crippen molar-refractivity contribution in [3.05, 3.63) is 34.1 Å². The third-order valence-electron chi connectivity index (χ3n) is 3.07. The molecule has 0 bridgehead atoms. The molecule has 0 aromatic heterocycles. The van der Waals surface area contributed by atoms with E-state index in [9.17, 15) is 9.18 Å². The maximum atomic E-state index is 13.6. The Kier molecular flexibility index (Phi) is 5.06. The van der Waals surface area contributed by atoms with Crippen LogP contribution in [0, 0.1) is 11.7 Å². The van der Waals surface area contributed by atoms with Gasteiger partial charge in [-0.2, -0.15) is 11.8 Å². The summed E-state index contributed by atoms with van der Waals surface area (Å²) in [6, 6.07) is 4.49. The molecule has 1 amide bonds. The highest BCUT2D eigenvalue weighted by atomic mass is 79.9. The summed E-state index contributed by atoms with van der Waals surface area (Å²) in [4.78, 5) is 11.8. The highest BCUT2D eigenvalue weighted by Gasteiger charge is 2.16. The minimum absolute atomic E-state index is 0.114. The van der Waals surface area contributed by atoms with E-state index in [4.69, 9.17) is 0 Å². The van der Waals surface area contributed by atoms with E-state index in [-0.39, 0.29) is 11.5 Å². The summed E-state index contributed by atoms with van der Waals surface area (Å²) in [5.74, 6) is 2.05. The molecule has 1 N–H and O–H groups in total. The minimum Gasteiger partial charge on any atom is -0.352 e. The summed E-state index contributed by atoms with van der Waals surface area (Å²) in [6.45, 7) is 0.648. The minimum atomic E-state index is -0.485. The zero-order chi connectivity index (χ0) is 13.0. The molecule has 0 unspecified atom stereocenters. The standard InChI is InChI=1S/C13H15BrFNOS/c14-10-1-2-11(12(15)7-10)13(17)16-8-9-3-5-18-6-4-9/h1-2,7,9H,3-6,8H2,(H,16,17). The van der Waals surface area contributed by atoms with Gasteiger partial charge in [-0.1, -0.05) is 15.9 Å². The molecular formula is C13H15BrFNOS. The van der Waals surface area contributed by atoms with E-state index in [1.54, 1.807) is 6.07 Å². The number of benzene rings is 1. The van der Waals surface area contributed by atoms with Crippen LogP contribution < -0.4 is 5.32 Å². The average molecular weight is 332 g/mol. The van der Waals surface area contributed by atoms with E-state index in [1.165, 1.54) is 12.1 Å². The zero-order valence-electron chi connectivity index (χ0n) is 9.92.